The minimum Gasteiger partial charge on any atom is -0.294 e. The average molecular weight is 170 g/mol. The van der Waals surface area contributed by atoms with Gasteiger partial charge >= 0.3 is 0 Å². The molecule has 1 nitrogen and oxygen atoms in total. The molecule has 68 valence electrons. The molecule has 0 atom stereocenters. The van der Waals surface area contributed by atoms with Crippen molar-refractivity contribution in [1.29, 1.82) is 0 Å². The Morgan fingerprint density at radius 3 is 2.42 bits per heavy atom. The molecule has 1 rings (SSSR count). The van der Waals surface area contributed by atoms with Crippen molar-refractivity contribution in [3.05, 3.63) is 11.4 Å². The molecule has 0 aromatic heterocycles. The Morgan fingerprint density at radius 1 is 1.33 bits per heavy atom. The van der Waals surface area contributed by atoms with Gasteiger partial charge < -0.3 is 0 Å². The Labute approximate surface area is 72.7 Å². The molecule has 0 spiro atoms. The van der Waals surface area contributed by atoms with Crippen LogP contribution in [-0.2, 0) is 4.79 Å². The predicted molar refractivity (Wildman–Crippen MR) is 46.4 cm³/mol. The van der Waals surface area contributed by atoms with Crippen molar-refractivity contribution in [3.63, 3.8) is 0 Å². The fourth-order valence-electron chi connectivity index (χ4n) is 1.47. The Kier molecular flexibility index (Phi) is 3.01. The molecule has 1 aliphatic rings. The van der Waals surface area contributed by atoms with Crippen molar-refractivity contribution in [3.8, 4) is 0 Å². The van der Waals surface area contributed by atoms with Crippen LogP contribution in [-0.4, -0.2) is 5.78 Å². The van der Waals surface area contributed by atoms with Gasteiger partial charge in [-0.1, -0.05) is 13.8 Å². The van der Waals surface area contributed by atoms with Crippen LogP contribution in [0.25, 0.3) is 0 Å². The van der Waals surface area contributed by atoms with Gasteiger partial charge in [0.2, 0.25) is 0 Å². The summed E-state index contributed by atoms with van der Waals surface area (Å²) in [6.45, 7) is 3.63. The highest BCUT2D eigenvalue weighted by molar-refractivity contribution is 5.97. The Hall–Kier alpha value is -0.660. The number of halogens is 1. The van der Waals surface area contributed by atoms with Crippen LogP contribution >= 0.6 is 0 Å². The Bertz CT molecular complexity index is 216. The average Bonchev–Trinajstić information content (AvgIpc) is 2.04. The van der Waals surface area contributed by atoms with Crippen LogP contribution in [0.2, 0.25) is 0 Å². The van der Waals surface area contributed by atoms with E-state index in [0.29, 0.717) is 18.4 Å². The van der Waals surface area contributed by atoms with E-state index in [0.717, 1.165) is 12.8 Å². The predicted octanol–water partition coefficient (Wildman–Crippen LogP) is 3.01. The smallest absolute Gasteiger partial charge is 0.163 e. The van der Waals surface area contributed by atoms with Crippen molar-refractivity contribution in [2.45, 2.75) is 39.5 Å². The molecule has 2 heteroatoms. The molecule has 0 N–H and O–H groups in total. The van der Waals surface area contributed by atoms with E-state index in [-0.39, 0.29) is 17.5 Å². The van der Waals surface area contributed by atoms with Gasteiger partial charge in [-0.25, -0.2) is 4.39 Å². The maximum Gasteiger partial charge on any atom is 0.163 e. The molecule has 0 saturated carbocycles. The van der Waals surface area contributed by atoms with Gasteiger partial charge in [0, 0.05) is 11.5 Å². The van der Waals surface area contributed by atoms with Crippen LogP contribution in [0.3, 0.4) is 0 Å². The van der Waals surface area contributed by atoms with E-state index in [9.17, 15) is 9.18 Å². The highest BCUT2D eigenvalue weighted by atomic mass is 19.1. The number of carbonyl (C=O) groups excluding carboxylic acids is 1. The van der Waals surface area contributed by atoms with Gasteiger partial charge in [-0.15, -0.1) is 0 Å². The van der Waals surface area contributed by atoms with Crippen LogP contribution in [0.1, 0.15) is 39.5 Å². The van der Waals surface area contributed by atoms with Gasteiger partial charge in [-0.2, -0.15) is 0 Å². The Balaban J connectivity index is 2.78. The van der Waals surface area contributed by atoms with E-state index in [1.165, 1.54) is 0 Å². The minimum atomic E-state index is -0.167. The lowest BCUT2D eigenvalue weighted by molar-refractivity contribution is -0.118. The third-order valence-electron chi connectivity index (χ3n) is 2.22. The summed E-state index contributed by atoms with van der Waals surface area (Å²) in [5, 5.41) is 0. The summed E-state index contributed by atoms with van der Waals surface area (Å²) < 4.78 is 13.1. The monoisotopic (exact) mass is 170 g/mol. The second-order valence-electron chi connectivity index (χ2n) is 3.61. The molecule has 0 aromatic rings. The first-order valence-corrected chi connectivity index (χ1v) is 4.54. The van der Waals surface area contributed by atoms with Crippen molar-refractivity contribution < 1.29 is 9.18 Å². The molecule has 0 unspecified atom stereocenters. The van der Waals surface area contributed by atoms with E-state index >= 15 is 0 Å². The first-order valence-electron chi connectivity index (χ1n) is 4.54. The molecular weight excluding hydrogens is 155 g/mol. The van der Waals surface area contributed by atoms with Crippen LogP contribution < -0.4 is 0 Å². The lowest BCUT2D eigenvalue weighted by Gasteiger charge is -2.15. The molecule has 0 heterocycles. The highest BCUT2D eigenvalue weighted by Crippen LogP contribution is 2.27. The molecule has 0 amide bonds. The standard InChI is InChI=1S/C10H15FO/c1-7(2)10(12)8-5-3-4-6-9(8)11/h7H,3-6H2,1-2H3. The second-order valence-corrected chi connectivity index (χ2v) is 3.61. The first kappa shape index (κ1) is 9.43. The van der Waals surface area contributed by atoms with Gasteiger partial charge in [0.15, 0.2) is 5.78 Å². The van der Waals surface area contributed by atoms with E-state index in [1.54, 1.807) is 0 Å². The summed E-state index contributed by atoms with van der Waals surface area (Å²) in [5.74, 6) is -0.240. The Morgan fingerprint density at radius 2 is 1.92 bits per heavy atom. The number of Topliss-reactive ketones (excluding diaryl/α,β-unsaturated/α-hetero) is 1. The molecule has 0 saturated heterocycles. The van der Waals surface area contributed by atoms with Gasteiger partial charge in [0.25, 0.3) is 0 Å². The fraction of sp³-hybridized carbons (Fsp3) is 0.700. The van der Waals surface area contributed by atoms with Gasteiger partial charge in [-0.3, -0.25) is 4.79 Å². The molecule has 0 bridgehead atoms. The molecule has 1 aliphatic carbocycles. The van der Waals surface area contributed by atoms with E-state index < -0.39 is 0 Å². The van der Waals surface area contributed by atoms with Crippen LogP contribution in [0.15, 0.2) is 11.4 Å². The third kappa shape index (κ3) is 1.93. The zero-order valence-electron chi connectivity index (χ0n) is 7.69. The molecule has 0 fully saturated rings. The van der Waals surface area contributed by atoms with Crippen LogP contribution in [0.5, 0.6) is 0 Å². The molecule has 0 radical (unpaired) electrons. The quantitative estimate of drug-likeness (QED) is 0.622. The SMILES string of the molecule is CC(C)C(=O)C1=C(F)CCCC1. The van der Waals surface area contributed by atoms with Crippen LogP contribution in [0, 0.1) is 5.92 Å². The van der Waals surface area contributed by atoms with Crippen molar-refractivity contribution in [1.82, 2.24) is 0 Å². The van der Waals surface area contributed by atoms with Crippen molar-refractivity contribution >= 4 is 5.78 Å². The summed E-state index contributed by atoms with van der Waals surface area (Å²) in [7, 11) is 0. The topological polar surface area (TPSA) is 17.1 Å². The number of ketones is 1. The van der Waals surface area contributed by atoms with E-state index in [2.05, 4.69) is 0 Å². The zero-order valence-corrected chi connectivity index (χ0v) is 7.69. The van der Waals surface area contributed by atoms with Crippen molar-refractivity contribution in [2.75, 3.05) is 0 Å². The highest BCUT2D eigenvalue weighted by Gasteiger charge is 2.20. The van der Waals surface area contributed by atoms with Gasteiger partial charge in [0.05, 0.1) is 0 Å². The molecule has 12 heavy (non-hydrogen) atoms. The lowest BCUT2D eigenvalue weighted by atomic mass is 9.91. The van der Waals surface area contributed by atoms with Crippen LogP contribution in [0.4, 0.5) is 4.39 Å². The molecule has 0 aromatic carbocycles. The maximum atomic E-state index is 13.1. The summed E-state index contributed by atoms with van der Waals surface area (Å²) in [4.78, 5) is 11.4. The fourth-order valence-corrected chi connectivity index (χ4v) is 1.47. The van der Waals surface area contributed by atoms with Gasteiger partial charge in [0.1, 0.15) is 5.83 Å². The zero-order chi connectivity index (χ0) is 9.14. The second kappa shape index (κ2) is 3.83. The third-order valence-corrected chi connectivity index (χ3v) is 2.22. The van der Waals surface area contributed by atoms with Crippen molar-refractivity contribution in [2.24, 2.45) is 5.92 Å². The number of carbonyl (C=O) groups is 1. The summed E-state index contributed by atoms with van der Waals surface area (Å²) in [6.07, 6.45) is 2.96. The van der Waals surface area contributed by atoms with E-state index in [1.807, 2.05) is 13.8 Å². The number of hydrogen-bond donors (Lipinski definition) is 0. The minimum absolute atomic E-state index is 0.00722. The molecular formula is C10H15FO. The number of hydrogen-bond acceptors (Lipinski definition) is 1. The van der Waals surface area contributed by atoms with E-state index in [4.69, 9.17) is 0 Å². The summed E-state index contributed by atoms with van der Waals surface area (Å²) in [6, 6.07) is 0. The normalized spacial score (nSPS) is 18.7. The number of rotatable bonds is 2. The van der Waals surface area contributed by atoms with Gasteiger partial charge in [-0.05, 0) is 25.7 Å². The lowest BCUT2D eigenvalue weighted by Crippen LogP contribution is -2.13. The summed E-state index contributed by atoms with van der Waals surface area (Å²) in [5.41, 5.74) is 0.455. The molecule has 0 aliphatic heterocycles. The summed E-state index contributed by atoms with van der Waals surface area (Å²) >= 11 is 0. The maximum absolute atomic E-state index is 13.1. The first-order chi connectivity index (χ1) is 5.63. The number of allylic oxidation sites excluding steroid dienone is 2. The largest absolute Gasteiger partial charge is 0.294 e.